The molecule has 128 valence electrons. The molecule has 1 saturated heterocycles. The smallest absolute Gasteiger partial charge is 0.225 e. The molecule has 3 rings (SSSR count). The Morgan fingerprint density at radius 1 is 1.46 bits per heavy atom. The fourth-order valence-corrected chi connectivity index (χ4v) is 3.16. The van der Waals surface area contributed by atoms with Crippen LogP contribution in [0, 0.1) is 5.82 Å². The molecule has 5 nitrogen and oxygen atoms in total. The highest BCUT2D eigenvalue weighted by molar-refractivity contribution is 5.76. The Morgan fingerprint density at radius 3 is 3.12 bits per heavy atom. The second kappa shape index (κ2) is 7.57. The van der Waals surface area contributed by atoms with Gasteiger partial charge in [0.25, 0.3) is 0 Å². The third-order valence-electron chi connectivity index (χ3n) is 4.39. The number of H-pyrrole nitrogens is 1. The van der Waals surface area contributed by atoms with Crippen molar-refractivity contribution in [3.05, 3.63) is 42.1 Å². The molecule has 0 bridgehead atoms. The number of carbonyl (C=O) groups excluding carboxylic acids is 1. The van der Waals surface area contributed by atoms with E-state index in [-0.39, 0.29) is 17.8 Å². The van der Waals surface area contributed by atoms with Crippen LogP contribution in [0.2, 0.25) is 0 Å². The lowest BCUT2D eigenvalue weighted by Crippen LogP contribution is -2.39. The number of aromatic amines is 1. The molecule has 1 amide bonds. The number of halogens is 1. The maximum Gasteiger partial charge on any atom is 0.225 e. The largest absolute Gasteiger partial charge is 0.384 e. The van der Waals surface area contributed by atoms with Gasteiger partial charge in [-0.3, -0.25) is 4.79 Å². The van der Waals surface area contributed by atoms with Gasteiger partial charge in [0.2, 0.25) is 5.91 Å². The summed E-state index contributed by atoms with van der Waals surface area (Å²) in [6, 6.07) is 6.35. The summed E-state index contributed by atoms with van der Waals surface area (Å²) in [6.45, 7) is 1.16. The highest BCUT2D eigenvalue weighted by Gasteiger charge is 2.29. The standard InChI is InChI=1S/C18H22FN3O2/c1-24-10-8-17(23)22-9-3-2-7-16(22)18-20-12-15(21-18)13-5-4-6-14(19)11-13/h4-6,11-12,16H,2-3,7-10H2,1H3,(H,20,21). The predicted octanol–water partition coefficient (Wildman–Crippen LogP) is 3.31. The number of piperidine rings is 1. The molecule has 1 aliphatic heterocycles. The van der Waals surface area contributed by atoms with E-state index < -0.39 is 0 Å². The van der Waals surface area contributed by atoms with Crippen molar-refractivity contribution in [2.75, 3.05) is 20.3 Å². The summed E-state index contributed by atoms with van der Waals surface area (Å²) in [5, 5.41) is 0. The van der Waals surface area contributed by atoms with Crippen LogP contribution >= 0.6 is 0 Å². The van der Waals surface area contributed by atoms with Crippen molar-refractivity contribution in [2.45, 2.75) is 31.7 Å². The van der Waals surface area contributed by atoms with Gasteiger partial charge in [-0.25, -0.2) is 9.37 Å². The minimum Gasteiger partial charge on any atom is -0.384 e. The third-order valence-corrected chi connectivity index (χ3v) is 4.39. The number of hydrogen-bond acceptors (Lipinski definition) is 3. The van der Waals surface area contributed by atoms with Gasteiger partial charge in [-0.2, -0.15) is 0 Å². The van der Waals surface area contributed by atoms with Crippen LogP contribution in [0.1, 0.15) is 37.5 Å². The van der Waals surface area contributed by atoms with Gasteiger partial charge in [-0.1, -0.05) is 12.1 Å². The molecule has 2 aromatic rings. The zero-order valence-corrected chi connectivity index (χ0v) is 13.8. The van der Waals surface area contributed by atoms with Crippen LogP contribution < -0.4 is 0 Å². The fraction of sp³-hybridized carbons (Fsp3) is 0.444. The summed E-state index contributed by atoms with van der Waals surface area (Å²) >= 11 is 0. The van der Waals surface area contributed by atoms with Crippen LogP contribution in [-0.4, -0.2) is 41.0 Å². The molecular weight excluding hydrogens is 309 g/mol. The van der Waals surface area contributed by atoms with Gasteiger partial charge < -0.3 is 14.6 Å². The van der Waals surface area contributed by atoms with Gasteiger partial charge >= 0.3 is 0 Å². The number of aromatic nitrogens is 2. The number of hydrogen-bond donors (Lipinski definition) is 1. The molecule has 2 heterocycles. The topological polar surface area (TPSA) is 58.2 Å². The number of ether oxygens (including phenoxy) is 1. The molecular formula is C18H22FN3O2. The van der Waals surface area contributed by atoms with Gasteiger partial charge in [0, 0.05) is 19.2 Å². The maximum atomic E-state index is 13.4. The van der Waals surface area contributed by atoms with Gasteiger partial charge in [0.15, 0.2) is 0 Å². The quantitative estimate of drug-likeness (QED) is 0.914. The third kappa shape index (κ3) is 3.64. The maximum absolute atomic E-state index is 13.4. The van der Waals surface area contributed by atoms with E-state index in [9.17, 15) is 9.18 Å². The second-order valence-corrected chi connectivity index (χ2v) is 6.03. The molecule has 1 fully saturated rings. The van der Waals surface area contributed by atoms with Crippen molar-refractivity contribution in [1.29, 1.82) is 0 Å². The number of benzene rings is 1. The molecule has 0 spiro atoms. The Kier molecular flexibility index (Phi) is 5.25. The molecule has 1 aromatic heterocycles. The van der Waals surface area contributed by atoms with E-state index >= 15 is 0 Å². The van der Waals surface area contributed by atoms with Crippen molar-refractivity contribution in [3.8, 4) is 11.3 Å². The monoisotopic (exact) mass is 331 g/mol. The van der Waals surface area contributed by atoms with Crippen LogP contribution in [-0.2, 0) is 9.53 Å². The first-order chi connectivity index (χ1) is 11.7. The summed E-state index contributed by atoms with van der Waals surface area (Å²) in [6.07, 6.45) is 5.04. The zero-order chi connectivity index (χ0) is 16.9. The number of nitrogens with zero attached hydrogens (tertiary/aromatic N) is 2. The zero-order valence-electron chi connectivity index (χ0n) is 13.8. The molecule has 1 aromatic carbocycles. The Labute approximate surface area is 140 Å². The number of methoxy groups -OCH3 is 1. The Hall–Kier alpha value is -2.21. The predicted molar refractivity (Wildman–Crippen MR) is 88.8 cm³/mol. The molecule has 1 unspecified atom stereocenters. The number of rotatable bonds is 5. The first-order valence-electron chi connectivity index (χ1n) is 8.28. The number of amides is 1. The molecule has 1 N–H and O–H groups in total. The fourth-order valence-electron chi connectivity index (χ4n) is 3.16. The molecule has 0 radical (unpaired) electrons. The summed E-state index contributed by atoms with van der Waals surface area (Å²) in [5.41, 5.74) is 1.51. The minimum absolute atomic E-state index is 0.0505. The van der Waals surface area contributed by atoms with Crippen molar-refractivity contribution < 1.29 is 13.9 Å². The van der Waals surface area contributed by atoms with E-state index in [4.69, 9.17) is 4.74 Å². The van der Waals surface area contributed by atoms with E-state index in [1.54, 1.807) is 19.4 Å². The molecule has 0 saturated carbocycles. The second-order valence-electron chi connectivity index (χ2n) is 6.03. The van der Waals surface area contributed by atoms with Crippen LogP contribution in [0.15, 0.2) is 30.5 Å². The van der Waals surface area contributed by atoms with Crippen LogP contribution in [0.5, 0.6) is 0 Å². The average molecular weight is 331 g/mol. The number of likely N-dealkylation sites (tertiary alicyclic amines) is 1. The number of carbonyl (C=O) groups is 1. The average Bonchev–Trinajstić information content (AvgIpc) is 3.09. The van der Waals surface area contributed by atoms with Gasteiger partial charge in [-0.15, -0.1) is 0 Å². The van der Waals surface area contributed by atoms with Crippen LogP contribution in [0.25, 0.3) is 11.3 Å². The van der Waals surface area contributed by atoms with Crippen LogP contribution in [0.3, 0.4) is 0 Å². The van der Waals surface area contributed by atoms with Gasteiger partial charge in [0.1, 0.15) is 11.6 Å². The minimum atomic E-state index is -0.280. The molecule has 1 atom stereocenters. The SMILES string of the molecule is COCCC(=O)N1CCCCC1c1ncc(-c2cccc(F)c2)[nH]1. The lowest BCUT2D eigenvalue weighted by atomic mass is 10.0. The van der Waals surface area contributed by atoms with E-state index in [1.807, 2.05) is 11.0 Å². The number of imidazole rings is 1. The van der Waals surface area contributed by atoms with Crippen molar-refractivity contribution in [3.63, 3.8) is 0 Å². The summed E-state index contributed by atoms with van der Waals surface area (Å²) < 4.78 is 18.4. The van der Waals surface area contributed by atoms with E-state index in [0.29, 0.717) is 13.0 Å². The molecule has 24 heavy (non-hydrogen) atoms. The van der Waals surface area contributed by atoms with E-state index in [0.717, 1.165) is 42.9 Å². The van der Waals surface area contributed by atoms with Crippen molar-refractivity contribution in [2.24, 2.45) is 0 Å². The van der Waals surface area contributed by atoms with Crippen molar-refractivity contribution >= 4 is 5.91 Å². The summed E-state index contributed by atoms with van der Waals surface area (Å²) in [5.74, 6) is 0.572. The van der Waals surface area contributed by atoms with Gasteiger partial charge in [-0.05, 0) is 31.4 Å². The highest BCUT2D eigenvalue weighted by Crippen LogP contribution is 2.31. The lowest BCUT2D eigenvalue weighted by molar-refractivity contribution is -0.136. The van der Waals surface area contributed by atoms with E-state index in [1.165, 1.54) is 12.1 Å². The molecule has 0 aliphatic carbocycles. The summed E-state index contributed by atoms with van der Waals surface area (Å²) in [4.78, 5) is 22.0. The van der Waals surface area contributed by atoms with Crippen molar-refractivity contribution in [1.82, 2.24) is 14.9 Å². The first kappa shape index (κ1) is 16.6. The lowest BCUT2D eigenvalue weighted by Gasteiger charge is -2.34. The Bertz CT molecular complexity index is 701. The molecule has 1 aliphatic rings. The normalized spacial score (nSPS) is 17.9. The number of nitrogens with one attached hydrogen (secondary N) is 1. The van der Waals surface area contributed by atoms with E-state index in [2.05, 4.69) is 9.97 Å². The Morgan fingerprint density at radius 2 is 2.33 bits per heavy atom. The molecule has 6 heteroatoms. The summed E-state index contributed by atoms with van der Waals surface area (Å²) in [7, 11) is 1.60. The van der Waals surface area contributed by atoms with Gasteiger partial charge in [0.05, 0.1) is 31.0 Å². The Balaban J connectivity index is 1.80. The first-order valence-corrected chi connectivity index (χ1v) is 8.28. The van der Waals surface area contributed by atoms with Crippen LogP contribution in [0.4, 0.5) is 4.39 Å². The highest BCUT2D eigenvalue weighted by atomic mass is 19.1.